The van der Waals surface area contributed by atoms with Gasteiger partial charge >= 0.3 is 50.5 Å². The molecular formula is C52H71ClI3N24O8Y2-3. The molecule has 2 radical (unpaired) electrons. The smallest absolute Gasteiger partial charge is 0.165 e. The number of anilines is 4. The van der Waals surface area contributed by atoms with E-state index in [1.165, 1.54) is 0 Å². The molecule has 0 aromatic carbocycles. The number of hydrogen-bond donors (Lipinski definition) is 14. The summed E-state index contributed by atoms with van der Waals surface area (Å²) in [5, 5.41) is 103. The van der Waals surface area contributed by atoms with Crippen molar-refractivity contribution in [2.45, 2.75) is 148 Å². The van der Waals surface area contributed by atoms with Crippen molar-refractivity contribution in [2.24, 2.45) is 0 Å². The Morgan fingerprint density at radius 2 is 0.878 bits per heavy atom. The van der Waals surface area contributed by atoms with Crippen LogP contribution in [0.2, 0.25) is 5.28 Å². The van der Waals surface area contributed by atoms with Gasteiger partial charge in [-0.25, -0.2) is 19.9 Å². The first kappa shape index (κ1) is 69.0. The Bertz CT molecular complexity index is 3570. The number of rotatable bonds is 14. The third kappa shape index (κ3) is 13.7. The molecule has 4 aliphatic carbocycles. The van der Waals surface area contributed by atoms with E-state index < -0.39 is 67.0 Å². The van der Waals surface area contributed by atoms with E-state index in [0.717, 1.165) is 12.8 Å². The van der Waals surface area contributed by atoms with Crippen LogP contribution in [-0.4, -0.2) is 258 Å². The van der Waals surface area contributed by atoms with Gasteiger partial charge in [-0.2, -0.15) is 9.97 Å². The third-order valence-electron chi connectivity index (χ3n) is 18.3. The standard InChI is InChI=1S/C26H34ClN12O4.C26H35N12O4.I3.2Y.H2/c1-28-12-5-15(20(42)18(12)40)38-9-31-14-7-30-26(36-23(14)38)37-4-3-11(8-37)33-22-17-24(35-25(27)34-22)39(10-32-17)16-6-13(29-2)19(41)21(16)43;1-27-13-5-16(21(41)19(13)39)37-10-32-15-7-29-26(35-24(15)37)36-4-3-12(8-36)34-23-18-25(31-9-30-23)38(11-33-18)17-6-14(28-2)20(40)22(17)42;1-3-2;;;/h9-13,15-16,18-21,28-29,40-43H,3-6,8H2,1-2H3,(H,33,34,35);9-14,16-17,19-22,27-28,39-42H,3-6,8H2,1-2H3,(H,30,31,34);;;;1H/q3*-1;;;/t11-,12-,13-,15+,16+,18-,19-,20+,21+;12-,13-,14-,16+,17+,19-,20-,21+,22+;;;;/m00..../s1/i;9T;;;;1+2. The van der Waals surface area contributed by atoms with Gasteiger partial charge < -0.3 is 121 Å². The average molecular weight is 1760 g/mol. The Morgan fingerprint density at radius 1 is 0.511 bits per heavy atom. The van der Waals surface area contributed by atoms with Crippen molar-refractivity contribution in [2.75, 3.05) is 74.8 Å². The number of nitrogens with zero attached hydrogens (tertiary/aromatic N) is 18. The van der Waals surface area contributed by atoms with Crippen LogP contribution < -0.4 is 55.0 Å². The number of likely N-dealkylation sites (N-methyl/N-ethyl adjacent to an activating group) is 4. The summed E-state index contributed by atoms with van der Waals surface area (Å²) in [7, 11) is 7.01. The Morgan fingerprint density at radius 3 is 1.28 bits per heavy atom. The van der Waals surface area contributed by atoms with Crippen molar-refractivity contribution >= 4 is 117 Å². The van der Waals surface area contributed by atoms with E-state index in [4.69, 9.17) is 22.9 Å². The van der Waals surface area contributed by atoms with E-state index in [-0.39, 0.29) is 121 Å². The molecule has 0 bridgehead atoms. The molecule has 14 rings (SSSR count). The molecule has 0 spiro atoms. The van der Waals surface area contributed by atoms with Gasteiger partial charge in [-0.05, 0) is 90.7 Å². The molecule has 484 valence electrons. The molecule has 8 aromatic heterocycles. The van der Waals surface area contributed by atoms with E-state index in [2.05, 4.69) is 131 Å². The summed E-state index contributed by atoms with van der Waals surface area (Å²) in [4.78, 5) is 57.6. The van der Waals surface area contributed by atoms with Crippen LogP contribution in [0.15, 0.2) is 31.6 Å². The van der Waals surface area contributed by atoms with E-state index in [9.17, 15) is 40.9 Å². The van der Waals surface area contributed by atoms with Crippen molar-refractivity contribution in [3.63, 3.8) is 0 Å². The fourth-order valence-corrected chi connectivity index (χ4v) is 13.6. The molecule has 2 aliphatic heterocycles. The van der Waals surface area contributed by atoms with Gasteiger partial charge in [0.25, 0.3) is 0 Å². The summed E-state index contributed by atoms with van der Waals surface area (Å²) < 4.78 is 15.3. The van der Waals surface area contributed by atoms with Crippen molar-refractivity contribution in [1.29, 1.82) is 0 Å². The Labute approximate surface area is 603 Å². The zero-order valence-corrected chi connectivity index (χ0v) is 62.0. The molecule has 38 heteroatoms. The first-order valence-electron chi connectivity index (χ1n) is 29.3. The topological polar surface area (TPSA) is 415 Å². The van der Waals surface area contributed by atoms with Crippen molar-refractivity contribution in [3.05, 3.63) is 49.3 Å². The van der Waals surface area contributed by atoms with E-state index >= 15 is 0 Å². The zero-order chi connectivity index (χ0) is 62.7. The Balaban J connectivity index is 0.000000202. The molecule has 10 heterocycles. The quantitative estimate of drug-likeness (QED) is 0.0278. The van der Waals surface area contributed by atoms with Crippen LogP contribution in [0.25, 0.3) is 44.7 Å². The van der Waals surface area contributed by atoms with E-state index in [0.29, 0.717) is 133 Å². The van der Waals surface area contributed by atoms with Crippen molar-refractivity contribution < 1.29 is 122 Å². The maximum absolute atomic E-state index is 10.7. The van der Waals surface area contributed by atoms with Gasteiger partial charge in [0.2, 0.25) is 5.28 Å². The number of halogens is 4. The monoisotopic (exact) mass is 1760 g/mol. The van der Waals surface area contributed by atoms with Crippen LogP contribution in [0.3, 0.4) is 0 Å². The Kier molecular flexibility index (Phi) is 23.3. The molecule has 8 aromatic rings. The molecule has 90 heavy (non-hydrogen) atoms. The minimum absolute atomic E-state index is 0. The summed E-state index contributed by atoms with van der Waals surface area (Å²) in [6, 6.07) is -2.73. The summed E-state index contributed by atoms with van der Waals surface area (Å²) in [6.45, 7) is 2.45. The van der Waals surface area contributed by atoms with Gasteiger partial charge in [0.15, 0.2) is 28.4 Å². The molecule has 18 atom stereocenters. The molecule has 6 aliphatic rings. The average Bonchev–Trinajstić information content (AvgIpc) is 1.64. The van der Waals surface area contributed by atoms with Crippen LogP contribution in [0.1, 0.15) is 65.5 Å². The van der Waals surface area contributed by atoms with Crippen molar-refractivity contribution in [1.82, 2.24) is 99.3 Å². The van der Waals surface area contributed by atoms with Crippen LogP contribution in [-0.2, 0) is 65.4 Å². The minimum Gasteiger partial charge on any atom is -0.392 e. The summed E-state index contributed by atoms with van der Waals surface area (Å²) >= 11 is 11.6. The molecule has 0 unspecified atom stereocenters. The van der Waals surface area contributed by atoms with Crippen LogP contribution in [0.4, 0.5) is 23.5 Å². The van der Waals surface area contributed by atoms with Gasteiger partial charge in [0, 0.05) is 152 Å². The van der Waals surface area contributed by atoms with Gasteiger partial charge in [0.1, 0.15) is 49.5 Å². The minimum atomic E-state index is -1.00. The van der Waals surface area contributed by atoms with Crippen LogP contribution in [0.5, 0.6) is 0 Å². The second-order valence-electron chi connectivity index (χ2n) is 23.0. The number of aliphatic hydroxyl groups is 8. The van der Waals surface area contributed by atoms with Crippen molar-refractivity contribution in [3.8, 4) is 0 Å². The number of aromatic nitrogens is 16. The van der Waals surface area contributed by atoms with E-state index in [1.807, 2.05) is 9.80 Å². The second-order valence-corrected chi connectivity index (χ2v) is 39.6. The summed E-state index contributed by atoms with van der Waals surface area (Å²) in [6.07, 6.45) is 8.16. The molecule has 2 saturated heterocycles. The summed E-state index contributed by atoms with van der Waals surface area (Å²) in [5.41, 5.74) is 3.95. The predicted octanol–water partition coefficient (Wildman–Crippen LogP) is -4.40. The first-order valence-corrected chi connectivity index (χ1v) is 41.8. The predicted molar refractivity (Wildman–Crippen MR) is 337 cm³/mol. The zero-order valence-electron chi connectivity index (χ0n) is 50.1. The second kappa shape index (κ2) is 30.4. The largest absolute Gasteiger partial charge is 0.392 e. The fourth-order valence-electron chi connectivity index (χ4n) is 13.5. The molecule has 0 amide bonds. The maximum atomic E-state index is 10.7. The molecule has 14 N–H and O–H groups in total. The summed E-state index contributed by atoms with van der Waals surface area (Å²) in [5.74, 6) is 1.86. The first-order chi connectivity index (χ1) is 42.9. The van der Waals surface area contributed by atoms with Crippen LogP contribution in [0, 0.1) is 12.4 Å². The molecule has 6 fully saturated rings. The number of nitrogens with one attached hydrogen (secondary N) is 6. The number of fused-ring (bicyclic) bond motifs is 4. The molecule has 4 saturated carbocycles. The SMILES string of the molecule is CN[C@H]1C[C@@H](n2cnc3[c-]nc(N4CC[C@H](Nc5nc(Cl)nc6c5ncn6[C@@H]5C[C@H](NC)[C@H](O)[C@@H]5O)C4)nc32)[C@@H](O)[C@H]1O.I[I-]I.[3HH].[3H]c1nc(N[C@H]2CCN(c3n[c-]c4ncn([C@@H]5C[C@H](NC)[C@H](O)[C@@H]5O)c4n3)C2)c2ncn([C@@H]3C[C@H](NC)[C@H](O)[C@@H]3O)c2n1.[Y].[Y]. The van der Waals surface area contributed by atoms with Gasteiger partial charge in [-0.1, -0.05) is 0 Å². The Hall–Kier alpha value is -2.39. The van der Waals surface area contributed by atoms with Gasteiger partial charge in [-0.3, -0.25) is 9.97 Å². The molecular weight excluding hydrogens is 1680 g/mol. The van der Waals surface area contributed by atoms with Gasteiger partial charge in [0.05, 0.1) is 73.9 Å². The van der Waals surface area contributed by atoms with Crippen LogP contribution >= 0.6 is 48.8 Å². The third-order valence-corrected chi connectivity index (χ3v) is 18.5. The van der Waals surface area contributed by atoms with E-state index in [1.54, 1.807) is 71.8 Å². The number of imidazole rings is 4. The number of hydrogen-bond acceptors (Lipinski definition) is 28. The number of aliphatic hydroxyl groups excluding tert-OH is 8. The normalized spacial score (nSPS) is 31.7. The maximum Gasteiger partial charge on any atom is 0.165 e. The fraction of sp³-hybridized carbons (Fsp3) is 0.615. The van der Waals surface area contributed by atoms with Gasteiger partial charge in [-0.15, -0.1) is 0 Å². The molecule has 32 nitrogen and oxygen atoms in total.